The van der Waals surface area contributed by atoms with Crippen LogP contribution in [0.4, 0.5) is 5.69 Å². The molecule has 4 heteroatoms. The number of carbonyl (C=O) groups is 1. The molecule has 22 heavy (non-hydrogen) atoms. The number of nitrogens with one attached hydrogen (secondary N) is 1. The molecule has 4 nitrogen and oxygen atoms in total. The number of amides is 1. The molecule has 0 fully saturated rings. The first-order valence-corrected chi connectivity index (χ1v) is 7.47. The number of rotatable bonds is 7. The monoisotopic (exact) mass is 299 g/mol. The van der Waals surface area contributed by atoms with Crippen molar-refractivity contribution in [2.45, 2.75) is 20.3 Å². The van der Waals surface area contributed by atoms with Crippen LogP contribution in [0.15, 0.2) is 48.5 Å². The lowest BCUT2D eigenvalue weighted by Crippen LogP contribution is -2.21. The summed E-state index contributed by atoms with van der Waals surface area (Å²) in [5.41, 5.74) is 1.93. The molecule has 116 valence electrons. The van der Waals surface area contributed by atoms with Crippen LogP contribution in [0.5, 0.6) is 11.5 Å². The van der Waals surface area contributed by atoms with E-state index in [-0.39, 0.29) is 12.5 Å². The summed E-state index contributed by atoms with van der Waals surface area (Å²) < 4.78 is 11.0. The standard InChI is InChI=1S/C18H21NO3/c1-3-14-9-5-6-10-15(14)19-18(20)13-22-17-12-8-7-11-16(17)21-4-2/h5-12H,3-4,13H2,1-2H3,(H,19,20). The summed E-state index contributed by atoms with van der Waals surface area (Å²) in [6.07, 6.45) is 0.866. The molecule has 0 atom stereocenters. The van der Waals surface area contributed by atoms with E-state index in [1.54, 1.807) is 6.07 Å². The summed E-state index contributed by atoms with van der Waals surface area (Å²) in [7, 11) is 0. The number of hydrogen-bond donors (Lipinski definition) is 1. The highest BCUT2D eigenvalue weighted by Gasteiger charge is 2.09. The Balaban J connectivity index is 1.96. The highest BCUT2D eigenvalue weighted by atomic mass is 16.5. The Hall–Kier alpha value is -2.49. The average Bonchev–Trinajstić information content (AvgIpc) is 2.55. The first-order chi connectivity index (χ1) is 10.7. The van der Waals surface area contributed by atoms with Crippen LogP contribution in [-0.2, 0) is 11.2 Å². The maximum atomic E-state index is 12.0. The minimum absolute atomic E-state index is 0.0534. The summed E-state index contributed by atoms with van der Waals surface area (Å²) in [5.74, 6) is 1.03. The molecule has 0 heterocycles. The summed E-state index contributed by atoms with van der Waals surface area (Å²) in [4.78, 5) is 12.0. The van der Waals surface area contributed by atoms with Crippen LogP contribution < -0.4 is 14.8 Å². The molecule has 0 aliphatic heterocycles. The van der Waals surface area contributed by atoms with E-state index in [9.17, 15) is 4.79 Å². The summed E-state index contributed by atoms with van der Waals surface area (Å²) in [6.45, 7) is 4.46. The van der Waals surface area contributed by atoms with Gasteiger partial charge in [0, 0.05) is 5.69 Å². The normalized spacial score (nSPS) is 10.1. The molecular weight excluding hydrogens is 278 g/mol. The van der Waals surface area contributed by atoms with E-state index in [0.717, 1.165) is 17.7 Å². The van der Waals surface area contributed by atoms with Gasteiger partial charge in [0.15, 0.2) is 18.1 Å². The second kappa shape index (κ2) is 8.08. The molecule has 2 rings (SSSR count). The van der Waals surface area contributed by atoms with E-state index in [2.05, 4.69) is 12.2 Å². The fourth-order valence-electron chi connectivity index (χ4n) is 2.12. The zero-order valence-corrected chi connectivity index (χ0v) is 13.0. The molecule has 0 unspecified atom stereocenters. The third-order valence-electron chi connectivity index (χ3n) is 3.18. The van der Waals surface area contributed by atoms with Crippen LogP contribution in [0.1, 0.15) is 19.4 Å². The van der Waals surface area contributed by atoms with Gasteiger partial charge in [-0.2, -0.15) is 0 Å². The van der Waals surface area contributed by atoms with Gasteiger partial charge < -0.3 is 14.8 Å². The predicted octanol–water partition coefficient (Wildman–Crippen LogP) is 3.67. The molecule has 1 N–H and O–H groups in total. The van der Waals surface area contributed by atoms with Crippen LogP contribution in [-0.4, -0.2) is 19.1 Å². The Morgan fingerprint density at radius 3 is 2.27 bits per heavy atom. The van der Waals surface area contributed by atoms with Gasteiger partial charge in [-0.1, -0.05) is 37.3 Å². The van der Waals surface area contributed by atoms with Gasteiger partial charge in [0.2, 0.25) is 0 Å². The Morgan fingerprint density at radius 1 is 0.955 bits per heavy atom. The number of benzene rings is 2. The van der Waals surface area contributed by atoms with Crippen LogP contribution >= 0.6 is 0 Å². The quantitative estimate of drug-likeness (QED) is 0.848. The lowest BCUT2D eigenvalue weighted by atomic mass is 10.1. The third-order valence-corrected chi connectivity index (χ3v) is 3.18. The minimum atomic E-state index is -0.188. The Labute approximate surface area is 131 Å². The number of aryl methyl sites for hydroxylation is 1. The molecular formula is C18H21NO3. The van der Waals surface area contributed by atoms with E-state index in [4.69, 9.17) is 9.47 Å². The second-order valence-electron chi connectivity index (χ2n) is 4.73. The summed E-state index contributed by atoms with van der Waals surface area (Å²) in [5, 5.41) is 2.88. The largest absolute Gasteiger partial charge is 0.490 e. The van der Waals surface area contributed by atoms with Crippen molar-refractivity contribution >= 4 is 11.6 Å². The van der Waals surface area contributed by atoms with Crippen molar-refractivity contribution in [3.05, 3.63) is 54.1 Å². The number of ether oxygens (including phenoxy) is 2. The fourth-order valence-corrected chi connectivity index (χ4v) is 2.12. The highest BCUT2D eigenvalue weighted by molar-refractivity contribution is 5.92. The van der Waals surface area contributed by atoms with Crippen molar-refractivity contribution in [3.63, 3.8) is 0 Å². The minimum Gasteiger partial charge on any atom is -0.490 e. The van der Waals surface area contributed by atoms with Crippen LogP contribution in [0.3, 0.4) is 0 Å². The number of hydrogen-bond acceptors (Lipinski definition) is 3. The van der Waals surface area contributed by atoms with Crippen molar-refractivity contribution in [3.8, 4) is 11.5 Å². The van der Waals surface area contributed by atoms with E-state index >= 15 is 0 Å². The van der Waals surface area contributed by atoms with Gasteiger partial charge in [0.05, 0.1) is 6.61 Å². The average molecular weight is 299 g/mol. The van der Waals surface area contributed by atoms with E-state index < -0.39 is 0 Å². The Kier molecular flexibility index (Phi) is 5.83. The van der Waals surface area contributed by atoms with Crippen molar-refractivity contribution in [2.24, 2.45) is 0 Å². The first-order valence-electron chi connectivity index (χ1n) is 7.47. The zero-order chi connectivity index (χ0) is 15.8. The third kappa shape index (κ3) is 4.25. The lowest BCUT2D eigenvalue weighted by molar-refractivity contribution is -0.118. The Morgan fingerprint density at radius 2 is 1.59 bits per heavy atom. The van der Waals surface area contributed by atoms with E-state index in [1.807, 2.05) is 49.4 Å². The zero-order valence-electron chi connectivity index (χ0n) is 13.0. The van der Waals surface area contributed by atoms with Crippen molar-refractivity contribution < 1.29 is 14.3 Å². The van der Waals surface area contributed by atoms with Crippen LogP contribution in [0, 0.1) is 0 Å². The molecule has 1 amide bonds. The maximum Gasteiger partial charge on any atom is 0.262 e. The molecule has 0 aromatic heterocycles. The second-order valence-corrected chi connectivity index (χ2v) is 4.73. The Bertz CT molecular complexity index is 625. The van der Waals surface area contributed by atoms with Crippen molar-refractivity contribution in [2.75, 3.05) is 18.5 Å². The highest BCUT2D eigenvalue weighted by Crippen LogP contribution is 2.26. The van der Waals surface area contributed by atoms with Crippen molar-refractivity contribution in [1.82, 2.24) is 0 Å². The van der Waals surface area contributed by atoms with Gasteiger partial charge in [-0.05, 0) is 37.1 Å². The van der Waals surface area contributed by atoms with Gasteiger partial charge in [0.1, 0.15) is 0 Å². The predicted molar refractivity (Wildman–Crippen MR) is 87.6 cm³/mol. The van der Waals surface area contributed by atoms with Gasteiger partial charge in [-0.25, -0.2) is 0 Å². The SMILES string of the molecule is CCOc1ccccc1OCC(=O)Nc1ccccc1CC. The van der Waals surface area contributed by atoms with Crippen molar-refractivity contribution in [1.29, 1.82) is 0 Å². The van der Waals surface area contributed by atoms with Gasteiger partial charge in [-0.15, -0.1) is 0 Å². The van der Waals surface area contributed by atoms with Crippen LogP contribution in [0.25, 0.3) is 0 Å². The van der Waals surface area contributed by atoms with Gasteiger partial charge in [0.25, 0.3) is 5.91 Å². The van der Waals surface area contributed by atoms with Crippen LogP contribution in [0.2, 0.25) is 0 Å². The molecule has 0 aliphatic rings. The summed E-state index contributed by atoms with van der Waals surface area (Å²) >= 11 is 0. The van der Waals surface area contributed by atoms with E-state index in [1.165, 1.54) is 0 Å². The topological polar surface area (TPSA) is 47.6 Å². The fraction of sp³-hybridized carbons (Fsp3) is 0.278. The maximum absolute atomic E-state index is 12.0. The molecule has 2 aromatic carbocycles. The molecule has 0 spiro atoms. The number of anilines is 1. The molecule has 0 saturated heterocycles. The molecule has 0 aliphatic carbocycles. The smallest absolute Gasteiger partial charge is 0.262 e. The molecule has 2 aromatic rings. The molecule has 0 saturated carbocycles. The summed E-state index contributed by atoms with van der Waals surface area (Å²) in [6, 6.07) is 15.1. The van der Waals surface area contributed by atoms with E-state index in [0.29, 0.717) is 18.1 Å². The lowest BCUT2D eigenvalue weighted by Gasteiger charge is -2.12. The number of para-hydroxylation sites is 3. The van der Waals surface area contributed by atoms with Gasteiger partial charge in [-0.3, -0.25) is 4.79 Å². The first kappa shape index (κ1) is 15.9. The number of carbonyl (C=O) groups excluding carboxylic acids is 1. The molecule has 0 radical (unpaired) electrons. The van der Waals surface area contributed by atoms with Gasteiger partial charge >= 0.3 is 0 Å². The molecule has 0 bridgehead atoms.